The van der Waals surface area contributed by atoms with E-state index in [1.165, 1.54) is 18.6 Å². The Morgan fingerprint density at radius 3 is 2.80 bits per heavy atom. The highest BCUT2D eigenvalue weighted by molar-refractivity contribution is 5.73. The zero-order valence-corrected chi connectivity index (χ0v) is 5.02. The topological polar surface area (TPSA) is 70.7 Å². The minimum absolute atomic E-state index is 0.257. The lowest BCUT2D eigenvalue weighted by molar-refractivity contribution is -0.146. The van der Waals surface area contributed by atoms with Crippen molar-refractivity contribution in [3.63, 3.8) is 0 Å². The summed E-state index contributed by atoms with van der Waals surface area (Å²) in [5, 5.41) is 17.1. The van der Waals surface area contributed by atoms with Crippen molar-refractivity contribution in [2.75, 3.05) is 0 Å². The molecular formula is C6H6O4. The van der Waals surface area contributed by atoms with Gasteiger partial charge in [-0.25, -0.2) is 4.79 Å². The molecule has 2 N–H and O–H groups in total. The molecule has 0 saturated carbocycles. The fraction of sp³-hybridized carbons (Fsp3) is 0.167. The summed E-state index contributed by atoms with van der Waals surface area (Å²) in [6, 6.07) is 1.40. The lowest BCUT2D eigenvalue weighted by Gasteiger charge is -1.98. The minimum atomic E-state index is -1.47. The van der Waals surface area contributed by atoms with Gasteiger partial charge in [0.15, 0.2) is 6.10 Å². The van der Waals surface area contributed by atoms with Crippen LogP contribution in [0.3, 0.4) is 0 Å². The number of hydrogen-bond acceptors (Lipinski definition) is 3. The lowest BCUT2D eigenvalue weighted by Crippen LogP contribution is -2.08. The molecule has 0 aliphatic rings. The number of aliphatic hydroxyl groups excluding tert-OH is 1. The molecule has 1 atom stereocenters. The van der Waals surface area contributed by atoms with Crippen LogP contribution in [0.5, 0.6) is 0 Å². The Labute approximate surface area is 56.7 Å². The highest BCUT2D eigenvalue weighted by Crippen LogP contribution is 2.11. The number of aliphatic carboxylic acids is 1. The maximum absolute atomic E-state index is 10.1. The predicted octanol–water partition coefficient (Wildman–Crippen LogP) is 0.398. The number of carboxylic acid groups (broad SMARTS) is 1. The van der Waals surface area contributed by atoms with Crippen molar-refractivity contribution in [3.05, 3.63) is 24.2 Å². The Hall–Kier alpha value is -1.29. The van der Waals surface area contributed by atoms with Gasteiger partial charge in [-0.1, -0.05) is 0 Å². The molecule has 1 aromatic rings. The van der Waals surface area contributed by atoms with Gasteiger partial charge in [0, 0.05) is 5.56 Å². The number of rotatable bonds is 2. The van der Waals surface area contributed by atoms with Crippen LogP contribution < -0.4 is 0 Å². The average molecular weight is 142 g/mol. The van der Waals surface area contributed by atoms with Crippen LogP contribution in [0.1, 0.15) is 11.7 Å². The smallest absolute Gasteiger partial charge is 0.337 e. The third-order valence-corrected chi connectivity index (χ3v) is 1.09. The summed E-state index contributed by atoms with van der Waals surface area (Å²) < 4.78 is 4.56. The van der Waals surface area contributed by atoms with Crippen LogP contribution in [0.4, 0.5) is 0 Å². The number of carbonyl (C=O) groups is 1. The van der Waals surface area contributed by atoms with E-state index in [0.717, 1.165) is 0 Å². The van der Waals surface area contributed by atoms with E-state index in [1.54, 1.807) is 0 Å². The van der Waals surface area contributed by atoms with Crippen molar-refractivity contribution in [1.29, 1.82) is 0 Å². The SMILES string of the molecule is O=C(O)C(O)c1ccoc1. The van der Waals surface area contributed by atoms with Crippen molar-refractivity contribution >= 4 is 5.97 Å². The van der Waals surface area contributed by atoms with Gasteiger partial charge in [-0.2, -0.15) is 0 Å². The first-order valence-electron chi connectivity index (χ1n) is 2.65. The Bertz CT molecular complexity index is 214. The Balaban J connectivity index is 2.77. The van der Waals surface area contributed by atoms with Crippen LogP contribution in [-0.2, 0) is 4.79 Å². The van der Waals surface area contributed by atoms with E-state index in [0.29, 0.717) is 0 Å². The second-order valence-corrected chi connectivity index (χ2v) is 1.80. The number of aliphatic hydroxyl groups is 1. The van der Waals surface area contributed by atoms with Crippen LogP contribution in [0.2, 0.25) is 0 Å². The molecule has 0 aromatic carbocycles. The summed E-state index contributed by atoms with van der Waals surface area (Å²) in [7, 11) is 0. The molecule has 0 aliphatic heterocycles. The molecule has 4 heteroatoms. The molecule has 0 amide bonds. The molecule has 1 rings (SSSR count). The standard InChI is InChI=1S/C6H6O4/c7-5(6(8)9)4-1-2-10-3-4/h1-3,5,7H,(H,8,9). The average Bonchev–Trinajstić information content (AvgIpc) is 2.36. The van der Waals surface area contributed by atoms with E-state index in [-0.39, 0.29) is 5.56 Å². The zero-order valence-electron chi connectivity index (χ0n) is 5.02. The fourth-order valence-corrected chi connectivity index (χ4v) is 0.573. The molecule has 1 unspecified atom stereocenters. The molecule has 10 heavy (non-hydrogen) atoms. The largest absolute Gasteiger partial charge is 0.479 e. The Kier molecular flexibility index (Phi) is 1.73. The first-order valence-corrected chi connectivity index (χ1v) is 2.65. The summed E-state index contributed by atoms with van der Waals surface area (Å²) >= 11 is 0. The number of furan rings is 1. The summed E-state index contributed by atoms with van der Waals surface area (Å²) in [6.45, 7) is 0. The van der Waals surface area contributed by atoms with Gasteiger partial charge < -0.3 is 14.6 Å². The van der Waals surface area contributed by atoms with E-state index >= 15 is 0 Å². The van der Waals surface area contributed by atoms with Gasteiger partial charge >= 0.3 is 5.97 Å². The summed E-state index contributed by atoms with van der Waals surface area (Å²) in [6.07, 6.45) is 1.03. The highest BCUT2D eigenvalue weighted by Gasteiger charge is 2.15. The Morgan fingerprint density at radius 2 is 2.40 bits per heavy atom. The van der Waals surface area contributed by atoms with E-state index in [2.05, 4.69) is 4.42 Å². The van der Waals surface area contributed by atoms with Gasteiger partial charge in [0.25, 0.3) is 0 Å². The first-order chi connectivity index (χ1) is 4.72. The van der Waals surface area contributed by atoms with Crippen molar-refractivity contribution in [3.8, 4) is 0 Å². The summed E-state index contributed by atoms with van der Waals surface area (Å²) in [4.78, 5) is 10.1. The van der Waals surface area contributed by atoms with Crippen molar-refractivity contribution in [2.45, 2.75) is 6.10 Å². The van der Waals surface area contributed by atoms with Crippen molar-refractivity contribution < 1.29 is 19.4 Å². The summed E-state index contributed by atoms with van der Waals surface area (Å²) in [5.41, 5.74) is 0.257. The van der Waals surface area contributed by atoms with Crippen molar-refractivity contribution in [1.82, 2.24) is 0 Å². The molecular weight excluding hydrogens is 136 g/mol. The molecule has 0 saturated heterocycles. The van der Waals surface area contributed by atoms with Crippen molar-refractivity contribution in [2.24, 2.45) is 0 Å². The molecule has 0 bridgehead atoms. The predicted molar refractivity (Wildman–Crippen MR) is 31.3 cm³/mol. The van der Waals surface area contributed by atoms with Crippen LogP contribution in [0.25, 0.3) is 0 Å². The molecule has 1 heterocycles. The second kappa shape index (κ2) is 2.53. The quantitative estimate of drug-likeness (QED) is 0.626. The van der Waals surface area contributed by atoms with Crippen LogP contribution >= 0.6 is 0 Å². The molecule has 0 fully saturated rings. The third kappa shape index (κ3) is 1.16. The maximum atomic E-state index is 10.1. The molecule has 0 spiro atoms. The van der Waals surface area contributed by atoms with Crippen LogP contribution in [0, 0.1) is 0 Å². The molecule has 1 aromatic heterocycles. The van der Waals surface area contributed by atoms with E-state index in [1.807, 2.05) is 0 Å². The van der Waals surface area contributed by atoms with Crippen LogP contribution in [-0.4, -0.2) is 16.2 Å². The number of hydrogen-bond donors (Lipinski definition) is 2. The molecule has 0 aliphatic carbocycles. The van der Waals surface area contributed by atoms with Gasteiger partial charge in [0.1, 0.15) is 0 Å². The van der Waals surface area contributed by atoms with E-state index in [4.69, 9.17) is 10.2 Å². The Morgan fingerprint density at radius 1 is 1.70 bits per heavy atom. The molecule has 0 radical (unpaired) electrons. The highest BCUT2D eigenvalue weighted by atomic mass is 16.4. The van der Waals surface area contributed by atoms with Gasteiger partial charge in [0.05, 0.1) is 12.5 Å². The van der Waals surface area contributed by atoms with E-state index in [9.17, 15) is 4.79 Å². The summed E-state index contributed by atoms with van der Waals surface area (Å²) in [5.74, 6) is -1.28. The monoisotopic (exact) mass is 142 g/mol. The van der Waals surface area contributed by atoms with Crippen LogP contribution in [0.15, 0.2) is 23.0 Å². The van der Waals surface area contributed by atoms with Gasteiger partial charge in [-0.05, 0) is 6.07 Å². The minimum Gasteiger partial charge on any atom is -0.479 e. The molecule has 54 valence electrons. The first kappa shape index (κ1) is 6.82. The van der Waals surface area contributed by atoms with Gasteiger partial charge in [-0.15, -0.1) is 0 Å². The van der Waals surface area contributed by atoms with E-state index < -0.39 is 12.1 Å². The fourth-order valence-electron chi connectivity index (χ4n) is 0.573. The lowest BCUT2D eigenvalue weighted by atomic mass is 10.2. The normalized spacial score (nSPS) is 12.9. The third-order valence-electron chi connectivity index (χ3n) is 1.09. The van der Waals surface area contributed by atoms with Gasteiger partial charge in [-0.3, -0.25) is 0 Å². The maximum Gasteiger partial charge on any atom is 0.337 e. The zero-order chi connectivity index (χ0) is 7.56. The van der Waals surface area contributed by atoms with Gasteiger partial charge in [0.2, 0.25) is 0 Å². The second-order valence-electron chi connectivity index (χ2n) is 1.80. The number of carboxylic acids is 1. The molecule has 4 nitrogen and oxygen atoms in total.